The Bertz CT molecular complexity index is 1110. The molecule has 132 valence electrons. The van der Waals surface area contributed by atoms with Crippen LogP contribution in [0.15, 0.2) is 48.8 Å². The molecule has 26 heavy (non-hydrogen) atoms. The number of hydrogen-bond donors (Lipinski definition) is 2. The van der Waals surface area contributed by atoms with E-state index in [4.69, 9.17) is 0 Å². The number of nitrogens with zero attached hydrogens (tertiary/aromatic N) is 2. The van der Waals surface area contributed by atoms with E-state index in [0.29, 0.717) is 5.56 Å². The van der Waals surface area contributed by atoms with Crippen molar-refractivity contribution in [2.24, 2.45) is 7.05 Å². The molecule has 1 amide bonds. The van der Waals surface area contributed by atoms with Crippen molar-refractivity contribution >= 4 is 27.7 Å². The minimum Gasteiger partial charge on any atom is -0.361 e. The molecule has 1 unspecified atom stereocenters. The van der Waals surface area contributed by atoms with Crippen LogP contribution in [0.25, 0.3) is 21.8 Å². The number of aromatic nitrogens is 3. The molecule has 5 nitrogen and oxygen atoms in total. The second-order valence-corrected chi connectivity index (χ2v) is 7.02. The molecular formula is C21H22N4O. The summed E-state index contributed by atoms with van der Waals surface area (Å²) in [6.07, 6.45) is 4.76. The van der Waals surface area contributed by atoms with Crippen LogP contribution in [0.2, 0.25) is 0 Å². The van der Waals surface area contributed by atoms with Gasteiger partial charge in [0.15, 0.2) is 0 Å². The highest BCUT2D eigenvalue weighted by atomic mass is 16.1. The molecule has 0 aliphatic carbocycles. The highest BCUT2D eigenvalue weighted by Crippen LogP contribution is 2.21. The van der Waals surface area contributed by atoms with Crippen LogP contribution in [-0.2, 0) is 13.5 Å². The number of hydrogen-bond acceptors (Lipinski definition) is 2. The van der Waals surface area contributed by atoms with E-state index < -0.39 is 0 Å². The van der Waals surface area contributed by atoms with Crippen molar-refractivity contribution in [2.75, 3.05) is 0 Å². The highest BCUT2D eigenvalue weighted by Gasteiger charge is 2.13. The van der Waals surface area contributed by atoms with Crippen molar-refractivity contribution in [3.8, 4) is 0 Å². The Morgan fingerprint density at radius 3 is 2.96 bits per heavy atom. The first-order chi connectivity index (χ1) is 12.5. The standard InChI is InChI=1S/C21H22N4O/c1-13-4-7-19-18(8-13)17(11-22-19)9-14(2)23-21(26)15-5-6-16-12-25(3)24-20(16)10-15/h4-8,10-12,14,22H,9H2,1-3H3,(H,23,26). The molecule has 0 spiro atoms. The van der Waals surface area contributed by atoms with Gasteiger partial charge < -0.3 is 10.3 Å². The van der Waals surface area contributed by atoms with Crippen LogP contribution in [0.3, 0.4) is 0 Å². The first kappa shape index (κ1) is 16.4. The molecule has 2 aromatic heterocycles. The third kappa shape index (κ3) is 3.08. The minimum atomic E-state index is -0.0684. The topological polar surface area (TPSA) is 62.7 Å². The second kappa shape index (κ2) is 6.33. The smallest absolute Gasteiger partial charge is 0.251 e. The van der Waals surface area contributed by atoms with Crippen LogP contribution in [0.4, 0.5) is 0 Å². The number of aromatic amines is 1. The van der Waals surface area contributed by atoms with Crippen molar-refractivity contribution in [3.05, 3.63) is 65.5 Å². The molecule has 0 saturated heterocycles. The molecule has 0 saturated carbocycles. The molecule has 0 radical (unpaired) electrons. The van der Waals surface area contributed by atoms with Gasteiger partial charge in [0.2, 0.25) is 0 Å². The Morgan fingerprint density at radius 1 is 1.27 bits per heavy atom. The first-order valence-electron chi connectivity index (χ1n) is 8.80. The van der Waals surface area contributed by atoms with Gasteiger partial charge in [-0.05, 0) is 50.1 Å². The SMILES string of the molecule is Cc1ccc2[nH]cc(CC(C)NC(=O)c3ccc4cn(C)nc4c3)c2c1. The Kier molecular flexibility index (Phi) is 3.99. The van der Waals surface area contributed by atoms with Gasteiger partial charge in [-0.1, -0.05) is 17.7 Å². The average Bonchev–Trinajstić information content (AvgIpc) is 3.16. The van der Waals surface area contributed by atoms with Crippen LogP contribution in [0, 0.1) is 6.92 Å². The lowest BCUT2D eigenvalue weighted by Crippen LogP contribution is -2.34. The van der Waals surface area contributed by atoms with Crippen molar-refractivity contribution in [1.82, 2.24) is 20.1 Å². The fourth-order valence-electron chi connectivity index (χ4n) is 3.43. The van der Waals surface area contributed by atoms with E-state index in [9.17, 15) is 4.79 Å². The quantitative estimate of drug-likeness (QED) is 0.591. The number of amides is 1. The number of aryl methyl sites for hydroxylation is 2. The summed E-state index contributed by atoms with van der Waals surface area (Å²) >= 11 is 0. The summed E-state index contributed by atoms with van der Waals surface area (Å²) in [5.74, 6) is -0.0684. The summed E-state index contributed by atoms with van der Waals surface area (Å²) in [5, 5.41) is 9.73. The summed E-state index contributed by atoms with van der Waals surface area (Å²) in [6.45, 7) is 4.13. The van der Waals surface area contributed by atoms with E-state index in [-0.39, 0.29) is 11.9 Å². The molecule has 2 N–H and O–H groups in total. The summed E-state index contributed by atoms with van der Waals surface area (Å²) in [5.41, 5.74) is 5.05. The Labute approximate surface area is 152 Å². The van der Waals surface area contributed by atoms with E-state index in [2.05, 4.69) is 40.5 Å². The van der Waals surface area contributed by atoms with Crippen LogP contribution in [-0.4, -0.2) is 26.7 Å². The predicted octanol–water partition coefficient (Wildman–Crippen LogP) is 3.72. The summed E-state index contributed by atoms with van der Waals surface area (Å²) in [7, 11) is 1.88. The van der Waals surface area contributed by atoms with E-state index >= 15 is 0 Å². The monoisotopic (exact) mass is 346 g/mol. The Morgan fingerprint density at radius 2 is 2.12 bits per heavy atom. The van der Waals surface area contributed by atoms with Crippen molar-refractivity contribution < 1.29 is 4.79 Å². The van der Waals surface area contributed by atoms with Gasteiger partial charge in [0.05, 0.1) is 5.52 Å². The molecule has 1 atom stereocenters. The van der Waals surface area contributed by atoms with Crippen molar-refractivity contribution in [3.63, 3.8) is 0 Å². The summed E-state index contributed by atoms with van der Waals surface area (Å²) < 4.78 is 1.76. The summed E-state index contributed by atoms with van der Waals surface area (Å²) in [4.78, 5) is 15.9. The zero-order valence-corrected chi connectivity index (χ0v) is 15.2. The number of rotatable bonds is 4. The predicted molar refractivity (Wildman–Crippen MR) is 104 cm³/mol. The highest BCUT2D eigenvalue weighted by molar-refractivity contribution is 5.98. The van der Waals surface area contributed by atoms with Crippen LogP contribution >= 0.6 is 0 Å². The van der Waals surface area contributed by atoms with Crippen LogP contribution < -0.4 is 5.32 Å². The van der Waals surface area contributed by atoms with Gasteiger partial charge in [-0.15, -0.1) is 0 Å². The normalized spacial score (nSPS) is 12.6. The molecular weight excluding hydrogens is 324 g/mol. The zero-order chi connectivity index (χ0) is 18.3. The van der Waals surface area contributed by atoms with Crippen LogP contribution in [0.5, 0.6) is 0 Å². The Balaban J connectivity index is 1.50. The van der Waals surface area contributed by atoms with Gasteiger partial charge in [0.25, 0.3) is 5.91 Å². The number of fused-ring (bicyclic) bond motifs is 2. The first-order valence-corrected chi connectivity index (χ1v) is 8.80. The second-order valence-electron chi connectivity index (χ2n) is 7.02. The molecule has 0 aliphatic rings. The minimum absolute atomic E-state index is 0.0291. The molecule has 0 aliphatic heterocycles. The van der Waals surface area contributed by atoms with E-state index in [0.717, 1.165) is 22.8 Å². The van der Waals surface area contributed by atoms with Gasteiger partial charge >= 0.3 is 0 Å². The molecule has 4 aromatic rings. The van der Waals surface area contributed by atoms with Crippen molar-refractivity contribution in [2.45, 2.75) is 26.3 Å². The largest absolute Gasteiger partial charge is 0.361 e. The lowest BCUT2D eigenvalue weighted by Gasteiger charge is -2.13. The maximum atomic E-state index is 12.6. The fourth-order valence-corrected chi connectivity index (χ4v) is 3.43. The molecule has 0 fully saturated rings. The van der Waals surface area contributed by atoms with Crippen LogP contribution in [0.1, 0.15) is 28.4 Å². The number of H-pyrrole nitrogens is 1. The summed E-state index contributed by atoms with van der Waals surface area (Å²) in [6, 6.07) is 12.0. The number of carbonyl (C=O) groups excluding carboxylic acids is 1. The Hall–Kier alpha value is -3.08. The van der Waals surface area contributed by atoms with Gasteiger partial charge in [-0.2, -0.15) is 5.10 Å². The average molecular weight is 346 g/mol. The molecule has 0 bridgehead atoms. The fraction of sp³-hybridized carbons (Fsp3) is 0.238. The number of nitrogens with one attached hydrogen (secondary N) is 2. The maximum Gasteiger partial charge on any atom is 0.251 e. The van der Waals surface area contributed by atoms with Gasteiger partial charge in [-0.25, -0.2) is 0 Å². The van der Waals surface area contributed by atoms with Gasteiger partial charge in [0, 0.05) is 47.3 Å². The maximum absolute atomic E-state index is 12.6. The lowest BCUT2D eigenvalue weighted by atomic mass is 10.0. The van der Waals surface area contributed by atoms with E-state index in [1.807, 2.05) is 44.6 Å². The third-order valence-corrected chi connectivity index (χ3v) is 4.71. The van der Waals surface area contributed by atoms with Gasteiger partial charge in [0.1, 0.15) is 0 Å². The molecule has 2 heterocycles. The molecule has 4 rings (SSSR count). The van der Waals surface area contributed by atoms with Crippen molar-refractivity contribution in [1.29, 1.82) is 0 Å². The number of carbonyl (C=O) groups is 1. The number of benzene rings is 2. The zero-order valence-electron chi connectivity index (χ0n) is 15.2. The lowest BCUT2D eigenvalue weighted by molar-refractivity contribution is 0.0940. The molecule has 2 aromatic carbocycles. The molecule has 5 heteroatoms. The van der Waals surface area contributed by atoms with E-state index in [1.165, 1.54) is 16.5 Å². The van der Waals surface area contributed by atoms with E-state index in [1.54, 1.807) is 4.68 Å². The third-order valence-electron chi connectivity index (χ3n) is 4.71. The van der Waals surface area contributed by atoms with Gasteiger partial charge in [-0.3, -0.25) is 9.48 Å².